The minimum atomic E-state index is -1.07. The van der Waals surface area contributed by atoms with Crippen molar-refractivity contribution in [1.29, 1.82) is 0 Å². The van der Waals surface area contributed by atoms with Crippen LogP contribution in [0.15, 0.2) is 24.3 Å². The number of hydrogen-bond donors (Lipinski definition) is 1. The van der Waals surface area contributed by atoms with Crippen LogP contribution >= 0.6 is 11.3 Å². The van der Waals surface area contributed by atoms with Crippen LogP contribution in [0.5, 0.6) is 0 Å². The minimum absolute atomic E-state index is 0.0972. The Hall–Kier alpha value is -1.75. The molecule has 0 saturated heterocycles. The molecule has 0 fully saturated rings. The SMILES string of the molecule is Cc1cc(C(=O)O)sc1-c1cc(F)ccc1F. The summed E-state index contributed by atoms with van der Waals surface area (Å²) in [5.74, 6) is -2.18. The third-order valence-corrected chi connectivity index (χ3v) is 3.56. The van der Waals surface area contributed by atoms with Crippen molar-refractivity contribution >= 4 is 17.3 Å². The van der Waals surface area contributed by atoms with Crippen LogP contribution < -0.4 is 0 Å². The smallest absolute Gasteiger partial charge is 0.345 e. The van der Waals surface area contributed by atoms with Gasteiger partial charge in [0.15, 0.2) is 0 Å². The maximum absolute atomic E-state index is 13.5. The number of rotatable bonds is 2. The first-order valence-corrected chi connectivity index (χ1v) is 5.60. The van der Waals surface area contributed by atoms with E-state index in [4.69, 9.17) is 5.11 Å². The predicted molar refractivity (Wildman–Crippen MR) is 61.4 cm³/mol. The van der Waals surface area contributed by atoms with E-state index in [-0.39, 0.29) is 10.4 Å². The van der Waals surface area contributed by atoms with Crippen molar-refractivity contribution in [2.75, 3.05) is 0 Å². The zero-order chi connectivity index (χ0) is 12.6. The molecule has 0 amide bonds. The number of aromatic carboxylic acids is 1. The summed E-state index contributed by atoms with van der Waals surface area (Å²) in [7, 11) is 0. The van der Waals surface area contributed by atoms with Crippen LogP contribution in [0.3, 0.4) is 0 Å². The molecule has 17 heavy (non-hydrogen) atoms. The van der Waals surface area contributed by atoms with E-state index in [1.807, 2.05) is 0 Å². The first kappa shape index (κ1) is 11.7. The van der Waals surface area contributed by atoms with Gasteiger partial charge in [0.2, 0.25) is 0 Å². The van der Waals surface area contributed by atoms with Crippen LogP contribution in [0.1, 0.15) is 15.2 Å². The van der Waals surface area contributed by atoms with Crippen molar-refractivity contribution < 1.29 is 18.7 Å². The normalized spacial score (nSPS) is 10.5. The summed E-state index contributed by atoms with van der Waals surface area (Å²) in [4.78, 5) is 11.3. The molecule has 1 N–H and O–H groups in total. The second-order valence-corrected chi connectivity index (χ2v) is 4.60. The van der Waals surface area contributed by atoms with E-state index in [1.165, 1.54) is 6.07 Å². The molecule has 1 aromatic carbocycles. The van der Waals surface area contributed by atoms with Crippen molar-refractivity contribution in [2.45, 2.75) is 6.92 Å². The molecule has 0 aliphatic rings. The van der Waals surface area contributed by atoms with Gasteiger partial charge in [0.05, 0.1) is 0 Å². The maximum atomic E-state index is 13.5. The highest BCUT2D eigenvalue weighted by Crippen LogP contribution is 2.34. The molecule has 1 heterocycles. The molecule has 5 heteroatoms. The summed E-state index contributed by atoms with van der Waals surface area (Å²) in [5, 5.41) is 8.84. The van der Waals surface area contributed by atoms with Crippen LogP contribution in [-0.4, -0.2) is 11.1 Å². The molecule has 0 aliphatic carbocycles. The molecule has 0 atom stereocenters. The van der Waals surface area contributed by atoms with Crippen LogP contribution in [0.2, 0.25) is 0 Å². The van der Waals surface area contributed by atoms with E-state index in [1.54, 1.807) is 6.92 Å². The third kappa shape index (κ3) is 2.19. The summed E-state index contributed by atoms with van der Waals surface area (Å²) in [6.45, 7) is 1.67. The summed E-state index contributed by atoms with van der Waals surface area (Å²) in [6, 6.07) is 4.58. The molecular formula is C12H8F2O2S. The fraction of sp³-hybridized carbons (Fsp3) is 0.0833. The molecule has 88 valence electrons. The Bertz CT molecular complexity index is 590. The van der Waals surface area contributed by atoms with Crippen LogP contribution in [0.4, 0.5) is 8.78 Å². The van der Waals surface area contributed by atoms with Crippen molar-refractivity contribution in [3.63, 3.8) is 0 Å². The summed E-state index contributed by atoms with van der Waals surface area (Å²) >= 11 is 0.937. The molecule has 0 saturated carbocycles. The van der Waals surface area contributed by atoms with Gasteiger partial charge in [-0.2, -0.15) is 0 Å². The monoisotopic (exact) mass is 254 g/mol. The van der Waals surface area contributed by atoms with Crippen LogP contribution in [0.25, 0.3) is 10.4 Å². The number of hydrogen-bond acceptors (Lipinski definition) is 2. The molecule has 2 rings (SSSR count). The lowest BCUT2D eigenvalue weighted by molar-refractivity contribution is 0.0702. The maximum Gasteiger partial charge on any atom is 0.345 e. The average Bonchev–Trinajstić information content (AvgIpc) is 2.64. The highest BCUT2D eigenvalue weighted by atomic mass is 32.1. The van der Waals surface area contributed by atoms with Crippen molar-refractivity contribution in [3.05, 3.63) is 46.3 Å². The Labute approximate surface area is 100 Å². The van der Waals surface area contributed by atoms with Gasteiger partial charge in [-0.25, -0.2) is 13.6 Å². The Kier molecular flexibility index (Phi) is 2.93. The fourth-order valence-electron chi connectivity index (χ4n) is 1.53. The molecular weight excluding hydrogens is 246 g/mol. The topological polar surface area (TPSA) is 37.3 Å². The van der Waals surface area contributed by atoms with E-state index in [0.717, 1.165) is 29.5 Å². The number of benzene rings is 1. The lowest BCUT2D eigenvalue weighted by atomic mass is 10.1. The predicted octanol–water partition coefficient (Wildman–Crippen LogP) is 3.70. The van der Waals surface area contributed by atoms with Crippen LogP contribution in [-0.2, 0) is 0 Å². The van der Waals surface area contributed by atoms with Gasteiger partial charge in [0.25, 0.3) is 0 Å². The van der Waals surface area contributed by atoms with E-state index in [0.29, 0.717) is 10.4 Å². The molecule has 0 unspecified atom stereocenters. The number of carboxylic acid groups (broad SMARTS) is 1. The first-order valence-electron chi connectivity index (χ1n) is 4.78. The Morgan fingerprint density at radius 3 is 2.59 bits per heavy atom. The Balaban J connectivity index is 2.60. The molecule has 2 nitrogen and oxygen atoms in total. The second-order valence-electron chi connectivity index (χ2n) is 3.55. The van der Waals surface area contributed by atoms with Gasteiger partial charge in [-0.15, -0.1) is 11.3 Å². The lowest BCUT2D eigenvalue weighted by Crippen LogP contribution is -1.89. The highest BCUT2D eigenvalue weighted by molar-refractivity contribution is 7.17. The zero-order valence-electron chi connectivity index (χ0n) is 8.83. The van der Waals surface area contributed by atoms with Gasteiger partial charge in [-0.3, -0.25) is 0 Å². The molecule has 2 aromatic rings. The first-order chi connectivity index (χ1) is 7.99. The largest absolute Gasteiger partial charge is 0.477 e. The van der Waals surface area contributed by atoms with Crippen molar-refractivity contribution in [1.82, 2.24) is 0 Å². The summed E-state index contributed by atoms with van der Waals surface area (Å²) in [6.07, 6.45) is 0. The molecule has 0 bridgehead atoms. The number of halogens is 2. The Morgan fingerprint density at radius 1 is 1.29 bits per heavy atom. The van der Waals surface area contributed by atoms with E-state index in [2.05, 4.69) is 0 Å². The summed E-state index contributed by atoms with van der Waals surface area (Å²) < 4.78 is 26.6. The van der Waals surface area contributed by atoms with Gasteiger partial charge in [-0.05, 0) is 36.8 Å². The van der Waals surface area contributed by atoms with Gasteiger partial charge >= 0.3 is 5.97 Å². The average molecular weight is 254 g/mol. The minimum Gasteiger partial charge on any atom is -0.477 e. The van der Waals surface area contributed by atoms with Crippen molar-refractivity contribution in [3.8, 4) is 10.4 Å². The van der Waals surface area contributed by atoms with Gasteiger partial charge in [0, 0.05) is 10.4 Å². The molecule has 1 aromatic heterocycles. The third-order valence-electron chi connectivity index (χ3n) is 2.30. The van der Waals surface area contributed by atoms with Gasteiger partial charge < -0.3 is 5.11 Å². The molecule has 0 spiro atoms. The number of aryl methyl sites for hydroxylation is 1. The van der Waals surface area contributed by atoms with Crippen molar-refractivity contribution in [2.24, 2.45) is 0 Å². The zero-order valence-corrected chi connectivity index (χ0v) is 9.65. The second kappa shape index (κ2) is 4.25. The fourth-order valence-corrected chi connectivity index (χ4v) is 2.56. The number of thiophene rings is 1. The number of carboxylic acids is 1. The van der Waals surface area contributed by atoms with E-state index < -0.39 is 17.6 Å². The number of carbonyl (C=O) groups is 1. The van der Waals surface area contributed by atoms with Gasteiger partial charge in [-0.1, -0.05) is 0 Å². The van der Waals surface area contributed by atoms with Gasteiger partial charge in [0.1, 0.15) is 16.5 Å². The molecule has 0 aliphatic heterocycles. The highest BCUT2D eigenvalue weighted by Gasteiger charge is 2.15. The summed E-state index contributed by atoms with van der Waals surface area (Å²) in [5.41, 5.74) is 0.719. The molecule has 0 radical (unpaired) electrons. The lowest BCUT2D eigenvalue weighted by Gasteiger charge is -2.01. The Morgan fingerprint density at radius 2 is 2.00 bits per heavy atom. The van der Waals surface area contributed by atoms with E-state index in [9.17, 15) is 13.6 Å². The van der Waals surface area contributed by atoms with E-state index >= 15 is 0 Å². The quantitative estimate of drug-likeness (QED) is 0.887. The van der Waals surface area contributed by atoms with Crippen LogP contribution in [0, 0.1) is 18.6 Å². The standard InChI is InChI=1S/C12H8F2O2S/c1-6-4-10(12(15)16)17-11(6)8-5-7(13)2-3-9(8)14/h2-5H,1H3,(H,15,16).